The molecule has 2 aliphatic carbocycles. The molecule has 1 N–H and O–H groups in total. The SMILES string of the molecule is O=S(=O)(NCCC1CC2CCC1C2)C(F)(F)F. The van der Waals surface area contributed by atoms with E-state index >= 15 is 0 Å². The summed E-state index contributed by atoms with van der Waals surface area (Å²) < 4.78 is 59.2. The molecule has 0 aromatic heterocycles. The normalized spacial score (nSPS) is 33.2. The third kappa shape index (κ3) is 2.76. The summed E-state index contributed by atoms with van der Waals surface area (Å²) in [7, 11) is -5.15. The molecule has 3 nitrogen and oxygen atoms in total. The van der Waals surface area contributed by atoms with Crippen LogP contribution < -0.4 is 4.72 Å². The maximum atomic E-state index is 12.0. The molecule has 3 unspecified atom stereocenters. The van der Waals surface area contributed by atoms with Gasteiger partial charge in [-0.25, -0.2) is 13.1 Å². The lowest BCUT2D eigenvalue weighted by atomic mass is 9.86. The van der Waals surface area contributed by atoms with Gasteiger partial charge in [0.2, 0.25) is 0 Å². The summed E-state index contributed by atoms with van der Waals surface area (Å²) >= 11 is 0. The molecule has 0 radical (unpaired) electrons. The van der Waals surface area contributed by atoms with Crippen LogP contribution in [0, 0.1) is 17.8 Å². The molecule has 100 valence electrons. The zero-order valence-corrected chi connectivity index (χ0v) is 10.1. The Balaban J connectivity index is 1.77. The van der Waals surface area contributed by atoms with Crippen molar-refractivity contribution in [1.82, 2.24) is 4.72 Å². The molecule has 2 fully saturated rings. The number of halogens is 3. The number of sulfonamides is 1. The molecule has 0 aliphatic heterocycles. The lowest BCUT2D eigenvalue weighted by Gasteiger charge is -2.21. The highest BCUT2D eigenvalue weighted by atomic mass is 32.2. The Morgan fingerprint density at radius 1 is 1.18 bits per heavy atom. The van der Waals surface area contributed by atoms with Crippen molar-refractivity contribution >= 4 is 10.0 Å². The van der Waals surface area contributed by atoms with Gasteiger partial charge < -0.3 is 0 Å². The maximum absolute atomic E-state index is 12.0. The molecule has 0 spiro atoms. The van der Waals surface area contributed by atoms with E-state index < -0.39 is 15.5 Å². The van der Waals surface area contributed by atoms with Crippen LogP contribution >= 0.6 is 0 Å². The second-order valence-corrected chi connectivity index (χ2v) is 6.83. The van der Waals surface area contributed by atoms with Crippen molar-refractivity contribution in [3.8, 4) is 0 Å². The summed E-state index contributed by atoms with van der Waals surface area (Å²) in [6.07, 6.45) is 5.14. The van der Waals surface area contributed by atoms with Gasteiger partial charge in [0.05, 0.1) is 0 Å². The van der Waals surface area contributed by atoms with E-state index in [1.807, 2.05) is 0 Å². The second kappa shape index (κ2) is 4.42. The second-order valence-electron chi connectivity index (χ2n) is 5.07. The van der Waals surface area contributed by atoms with E-state index in [0.29, 0.717) is 18.3 Å². The number of hydrogen-bond donors (Lipinski definition) is 1. The van der Waals surface area contributed by atoms with Crippen molar-refractivity contribution in [3.63, 3.8) is 0 Å². The number of fused-ring (bicyclic) bond motifs is 2. The van der Waals surface area contributed by atoms with Crippen LogP contribution in [0.5, 0.6) is 0 Å². The number of nitrogens with one attached hydrogen (secondary N) is 1. The van der Waals surface area contributed by atoms with Crippen molar-refractivity contribution in [3.05, 3.63) is 0 Å². The molecule has 7 heteroatoms. The number of alkyl halides is 3. The fourth-order valence-electron chi connectivity index (χ4n) is 3.19. The van der Waals surface area contributed by atoms with E-state index in [0.717, 1.165) is 18.8 Å². The van der Waals surface area contributed by atoms with Gasteiger partial charge in [0.25, 0.3) is 0 Å². The predicted octanol–water partition coefficient (Wildman–Crippen LogP) is 2.25. The van der Waals surface area contributed by atoms with Crippen molar-refractivity contribution in [1.29, 1.82) is 0 Å². The van der Waals surface area contributed by atoms with E-state index in [1.54, 1.807) is 4.72 Å². The van der Waals surface area contributed by atoms with Crippen molar-refractivity contribution in [2.75, 3.05) is 6.54 Å². The quantitative estimate of drug-likeness (QED) is 0.852. The average molecular weight is 271 g/mol. The fraction of sp³-hybridized carbons (Fsp3) is 1.00. The molecule has 2 saturated carbocycles. The molecule has 3 atom stereocenters. The topological polar surface area (TPSA) is 46.2 Å². The van der Waals surface area contributed by atoms with Crippen LogP contribution in [0.25, 0.3) is 0 Å². The van der Waals surface area contributed by atoms with Gasteiger partial charge in [0.15, 0.2) is 0 Å². The van der Waals surface area contributed by atoms with Crippen LogP contribution in [0.2, 0.25) is 0 Å². The lowest BCUT2D eigenvalue weighted by molar-refractivity contribution is -0.0448. The first-order chi connectivity index (χ1) is 7.79. The van der Waals surface area contributed by atoms with Gasteiger partial charge in [-0.1, -0.05) is 6.42 Å². The Morgan fingerprint density at radius 2 is 1.88 bits per heavy atom. The predicted molar refractivity (Wildman–Crippen MR) is 56.5 cm³/mol. The highest BCUT2D eigenvalue weighted by Crippen LogP contribution is 2.49. The lowest BCUT2D eigenvalue weighted by Crippen LogP contribution is -2.37. The zero-order valence-electron chi connectivity index (χ0n) is 9.33. The number of rotatable bonds is 4. The molecule has 2 bridgehead atoms. The molecule has 0 aromatic rings. The monoisotopic (exact) mass is 271 g/mol. The summed E-state index contributed by atoms with van der Waals surface area (Å²) in [6.45, 7) is -0.101. The Kier molecular flexibility index (Phi) is 3.42. The largest absolute Gasteiger partial charge is 0.511 e. The van der Waals surface area contributed by atoms with Gasteiger partial charge in [-0.05, 0) is 43.4 Å². The Labute approximate surface area is 98.8 Å². The molecule has 0 heterocycles. The van der Waals surface area contributed by atoms with Crippen molar-refractivity contribution < 1.29 is 21.6 Å². The van der Waals surface area contributed by atoms with E-state index in [9.17, 15) is 21.6 Å². The third-order valence-electron chi connectivity index (χ3n) is 4.00. The third-order valence-corrected chi connectivity index (χ3v) is 5.19. The first kappa shape index (κ1) is 13.1. The average Bonchev–Trinajstić information content (AvgIpc) is 2.76. The summed E-state index contributed by atoms with van der Waals surface area (Å²) in [5, 5.41) is 0. The van der Waals surface area contributed by atoms with Gasteiger partial charge in [0, 0.05) is 6.54 Å². The minimum atomic E-state index is -5.19. The molecule has 17 heavy (non-hydrogen) atoms. The maximum Gasteiger partial charge on any atom is 0.511 e. The van der Waals surface area contributed by atoms with Crippen LogP contribution in [0.1, 0.15) is 32.1 Å². The summed E-state index contributed by atoms with van der Waals surface area (Å²) in [6, 6.07) is 0. The smallest absolute Gasteiger partial charge is 0.207 e. The van der Waals surface area contributed by atoms with E-state index in [2.05, 4.69) is 0 Å². The summed E-state index contributed by atoms with van der Waals surface area (Å²) in [4.78, 5) is 0. The standard InChI is InChI=1S/C10H16F3NO2S/c11-10(12,13)17(15,16)14-4-3-9-6-7-1-2-8(9)5-7/h7-9,14H,1-6H2. The molecule has 0 saturated heterocycles. The van der Waals surface area contributed by atoms with Crippen molar-refractivity contribution in [2.45, 2.75) is 37.6 Å². The molecule has 2 rings (SSSR count). The highest BCUT2D eigenvalue weighted by Gasteiger charge is 2.46. The molecule has 0 amide bonds. The first-order valence-electron chi connectivity index (χ1n) is 5.85. The van der Waals surface area contributed by atoms with Crippen LogP contribution in [-0.4, -0.2) is 20.5 Å². The van der Waals surface area contributed by atoms with Gasteiger partial charge in [0.1, 0.15) is 0 Å². The van der Waals surface area contributed by atoms with Gasteiger partial charge in [-0.2, -0.15) is 13.2 Å². The van der Waals surface area contributed by atoms with Crippen LogP contribution in [-0.2, 0) is 10.0 Å². The molecular formula is C10H16F3NO2S. The van der Waals surface area contributed by atoms with E-state index in [1.165, 1.54) is 12.8 Å². The Bertz CT molecular complexity index is 380. The highest BCUT2D eigenvalue weighted by molar-refractivity contribution is 7.90. The first-order valence-corrected chi connectivity index (χ1v) is 7.34. The Hall–Kier alpha value is -0.300. The zero-order chi connectivity index (χ0) is 12.7. The van der Waals surface area contributed by atoms with Crippen LogP contribution in [0.4, 0.5) is 13.2 Å². The van der Waals surface area contributed by atoms with Gasteiger partial charge in [-0.15, -0.1) is 0 Å². The van der Waals surface area contributed by atoms with E-state index in [4.69, 9.17) is 0 Å². The summed E-state index contributed by atoms with van der Waals surface area (Å²) in [5.41, 5.74) is -5.19. The summed E-state index contributed by atoms with van der Waals surface area (Å²) in [5.74, 6) is 1.74. The number of hydrogen-bond acceptors (Lipinski definition) is 2. The van der Waals surface area contributed by atoms with E-state index in [-0.39, 0.29) is 6.54 Å². The molecule has 2 aliphatic rings. The van der Waals surface area contributed by atoms with Gasteiger partial charge >= 0.3 is 15.5 Å². The molecule has 0 aromatic carbocycles. The minimum Gasteiger partial charge on any atom is -0.207 e. The van der Waals surface area contributed by atoms with Crippen molar-refractivity contribution in [2.24, 2.45) is 17.8 Å². The van der Waals surface area contributed by atoms with Crippen LogP contribution in [0.3, 0.4) is 0 Å². The Morgan fingerprint density at radius 3 is 2.35 bits per heavy atom. The minimum absolute atomic E-state index is 0.101. The van der Waals surface area contributed by atoms with Crippen LogP contribution in [0.15, 0.2) is 0 Å². The molecular weight excluding hydrogens is 255 g/mol. The fourth-order valence-corrected chi connectivity index (χ4v) is 3.74. The van der Waals surface area contributed by atoms with Gasteiger partial charge in [-0.3, -0.25) is 0 Å².